The third-order valence-electron chi connectivity index (χ3n) is 2.43. The van der Waals surface area contributed by atoms with Crippen molar-refractivity contribution in [3.8, 4) is 0 Å². The summed E-state index contributed by atoms with van der Waals surface area (Å²) < 4.78 is 7.30. The molecule has 1 aliphatic heterocycles. The molecule has 2 heterocycles. The van der Waals surface area contributed by atoms with Gasteiger partial charge in [0.15, 0.2) is 0 Å². The number of aryl methyl sites for hydroxylation is 1. The second-order valence-corrected chi connectivity index (χ2v) is 4.41. The third-order valence-corrected chi connectivity index (χ3v) is 3.15. The third kappa shape index (κ3) is 2.99. The molecule has 1 aromatic heterocycles. The summed E-state index contributed by atoms with van der Waals surface area (Å²) in [6, 6.07) is 0. The predicted octanol–water partition coefficient (Wildman–Crippen LogP) is 0.411. The summed E-state index contributed by atoms with van der Waals surface area (Å²) >= 11 is 3.44. The molecule has 0 saturated carbocycles. The summed E-state index contributed by atoms with van der Waals surface area (Å²) in [4.78, 5) is 2.35. The van der Waals surface area contributed by atoms with Gasteiger partial charge in [-0.25, -0.2) is 0 Å². The maximum absolute atomic E-state index is 5.57. The van der Waals surface area contributed by atoms with E-state index in [1.165, 1.54) is 0 Å². The van der Waals surface area contributed by atoms with E-state index in [-0.39, 0.29) is 0 Å². The Labute approximate surface area is 97.5 Å². The van der Waals surface area contributed by atoms with Crippen LogP contribution in [0.15, 0.2) is 6.20 Å². The average molecular weight is 275 g/mol. The van der Waals surface area contributed by atoms with Crippen molar-refractivity contribution in [2.24, 2.45) is 7.05 Å². The van der Waals surface area contributed by atoms with Gasteiger partial charge in [0.05, 0.1) is 18.4 Å². The van der Waals surface area contributed by atoms with E-state index in [0.717, 1.165) is 37.3 Å². The minimum atomic E-state index is 0.301. The van der Waals surface area contributed by atoms with E-state index < -0.39 is 0 Å². The van der Waals surface area contributed by atoms with Crippen molar-refractivity contribution >= 4 is 15.9 Å². The molecular formula is C9H15BrN4O. The number of rotatable bonds is 3. The summed E-state index contributed by atoms with van der Waals surface area (Å²) in [5.74, 6) is 0. The zero-order valence-electron chi connectivity index (χ0n) is 8.77. The van der Waals surface area contributed by atoms with Crippen molar-refractivity contribution in [3.05, 3.63) is 11.9 Å². The summed E-state index contributed by atoms with van der Waals surface area (Å²) in [6.07, 6.45) is 2.26. The fourth-order valence-corrected chi connectivity index (χ4v) is 2.11. The monoisotopic (exact) mass is 274 g/mol. The number of aromatic nitrogens is 3. The van der Waals surface area contributed by atoms with Crippen LogP contribution in [0.3, 0.4) is 0 Å². The first-order valence-electron chi connectivity index (χ1n) is 5.03. The summed E-state index contributed by atoms with van der Waals surface area (Å²) in [6.45, 7) is 3.60. The Hall–Kier alpha value is -0.460. The van der Waals surface area contributed by atoms with E-state index in [0.29, 0.717) is 6.10 Å². The van der Waals surface area contributed by atoms with E-state index >= 15 is 0 Å². The van der Waals surface area contributed by atoms with Gasteiger partial charge >= 0.3 is 0 Å². The molecule has 0 N–H and O–H groups in total. The molecule has 1 fully saturated rings. The standard InChI is InChI=1S/C9H15BrN4O/c1-13-5-8(11-12-13)6-14-2-3-15-9(4-10)7-14/h5,9H,2-4,6-7H2,1H3. The number of nitrogens with zero attached hydrogens (tertiary/aromatic N) is 4. The summed E-state index contributed by atoms with van der Waals surface area (Å²) in [5.41, 5.74) is 1.02. The largest absolute Gasteiger partial charge is 0.375 e. The van der Waals surface area contributed by atoms with Gasteiger partial charge in [0.25, 0.3) is 0 Å². The topological polar surface area (TPSA) is 43.2 Å². The van der Waals surface area contributed by atoms with Crippen LogP contribution >= 0.6 is 15.9 Å². The van der Waals surface area contributed by atoms with Gasteiger partial charge in [-0.2, -0.15) is 0 Å². The van der Waals surface area contributed by atoms with Gasteiger partial charge in [0.2, 0.25) is 0 Å². The number of alkyl halides is 1. The Kier molecular flexibility index (Phi) is 3.71. The molecule has 1 aromatic rings. The van der Waals surface area contributed by atoms with Crippen molar-refractivity contribution in [1.29, 1.82) is 0 Å². The Morgan fingerprint density at radius 3 is 3.20 bits per heavy atom. The Morgan fingerprint density at radius 2 is 2.53 bits per heavy atom. The highest BCUT2D eigenvalue weighted by molar-refractivity contribution is 9.09. The van der Waals surface area contributed by atoms with Gasteiger partial charge in [-0.05, 0) is 0 Å². The van der Waals surface area contributed by atoms with E-state index in [9.17, 15) is 0 Å². The number of morpholine rings is 1. The summed E-state index contributed by atoms with van der Waals surface area (Å²) in [7, 11) is 1.89. The zero-order chi connectivity index (χ0) is 10.7. The molecule has 0 spiro atoms. The molecule has 6 heteroatoms. The zero-order valence-corrected chi connectivity index (χ0v) is 10.4. The highest BCUT2D eigenvalue weighted by Gasteiger charge is 2.19. The normalized spacial score (nSPS) is 23.2. The first kappa shape index (κ1) is 11.0. The lowest BCUT2D eigenvalue weighted by molar-refractivity contribution is -0.0185. The lowest BCUT2D eigenvalue weighted by atomic mass is 10.3. The lowest BCUT2D eigenvalue weighted by Crippen LogP contribution is -2.42. The predicted molar refractivity (Wildman–Crippen MR) is 59.8 cm³/mol. The van der Waals surface area contributed by atoms with Crippen molar-refractivity contribution in [3.63, 3.8) is 0 Å². The molecule has 1 saturated heterocycles. The van der Waals surface area contributed by atoms with Crippen molar-refractivity contribution < 1.29 is 4.74 Å². The van der Waals surface area contributed by atoms with Crippen LogP contribution in [0.4, 0.5) is 0 Å². The molecule has 2 rings (SSSR count). The van der Waals surface area contributed by atoms with E-state index in [4.69, 9.17) is 4.74 Å². The lowest BCUT2D eigenvalue weighted by Gasteiger charge is -2.31. The summed E-state index contributed by atoms with van der Waals surface area (Å²) in [5, 5.41) is 8.89. The van der Waals surface area contributed by atoms with Gasteiger partial charge in [0.1, 0.15) is 0 Å². The smallest absolute Gasteiger partial charge is 0.0967 e. The van der Waals surface area contributed by atoms with Gasteiger partial charge in [-0.1, -0.05) is 21.1 Å². The van der Waals surface area contributed by atoms with Gasteiger partial charge in [-0.15, -0.1) is 5.10 Å². The molecule has 5 nitrogen and oxygen atoms in total. The number of hydrogen-bond donors (Lipinski definition) is 0. The molecule has 1 unspecified atom stereocenters. The van der Waals surface area contributed by atoms with Crippen molar-refractivity contribution in [1.82, 2.24) is 19.9 Å². The number of halogens is 1. The molecule has 15 heavy (non-hydrogen) atoms. The van der Waals surface area contributed by atoms with Crippen LogP contribution in [0.1, 0.15) is 5.69 Å². The highest BCUT2D eigenvalue weighted by Crippen LogP contribution is 2.10. The van der Waals surface area contributed by atoms with Gasteiger partial charge in [-0.3, -0.25) is 9.58 Å². The molecular weight excluding hydrogens is 260 g/mol. The maximum Gasteiger partial charge on any atom is 0.0967 e. The first-order chi connectivity index (χ1) is 7.28. The number of ether oxygens (including phenoxy) is 1. The van der Waals surface area contributed by atoms with E-state index in [2.05, 4.69) is 31.1 Å². The molecule has 84 valence electrons. The fourth-order valence-electron chi connectivity index (χ4n) is 1.71. The average Bonchev–Trinajstić information content (AvgIpc) is 2.64. The van der Waals surface area contributed by atoms with Crippen molar-refractivity contribution in [2.45, 2.75) is 12.6 Å². The van der Waals surface area contributed by atoms with Crippen LogP contribution in [0.2, 0.25) is 0 Å². The maximum atomic E-state index is 5.57. The molecule has 0 bridgehead atoms. The van der Waals surface area contributed by atoms with Crippen LogP contribution < -0.4 is 0 Å². The second kappa shape index (κ2) is 5.05. The molecule has 1 aliphatic rings. The highest BCUT2D eigenvalue weighted by atomic mass is 79.9. The number of hydrogen-bond acceptors (Lipinski definition) is 4. The molecule has 1 atom stereocenters. The Morgan fingerprint density at radius 1 is 1.67 bits per heavy atom. The van der Waals surface area contributed by atoms with Crippen LogP contribution in [0.25, 0.3) is 0 Å². The van der Waals surface area contributed by atoms with Crippen LogP contribution in [-0.2, 0) is 18.3 Å². The quantitative estimate of drug-likeness (QED) is 0.749. The van der Waals surface area contributed by atoms with Crippen molar-refractivity contribution in [2.75, 3.05) is 25.0 Å². The molecule has 0 aliphatic carbocycles. The molecule has 0 amide bonds. The minimum Gasteiger partial charge on any atom is -0.375 e. The van der Waals surface area contributed by atoms with Crippen LogP contribution in [0, 0.1) is 0 Å². The van der Waals surface area contributed by atoms with Gasteiger partial charge in [0, 0.05) is 38.2 Å². The first-order valence-corrected chi connectivity index (χ1v) is 6.15. The molecule has 0 radical (unpaired) electrons. The van der Waals surface area contributed by atoms with E-state index in [1.807, 2.05) is 13.2 Å². The Bertz CT molecular complexity index is 317. The Balaban J connectivity index is 1.88. The van der Waals surface area contributed by atoms with Crippen LogP contribution in [-0.4, -0.2) is 51.0 Å². The van der Waals surface area contributed by atoms with E-state index in [1.54, 1.807) is 4.68 Å². The SMILES string of the molecule is Cn1cc(CN2CCOC(CBr)C2)nn1. The molecule has 0 aromatic carbocycles. The van der Waals surface area contributed by atoms with Crippen LogP contribution in [0.5, 0.6) is 0 Å². The second-order valence-electron chi connectivity index (χ2n) is 3.77. The fraction of sp³-hybridized carbons (Fsp3) is 0.778. The van der Waals surface area contributed by atoms with Gasteiger partial charge < -0.3 is 4.74 Å². The minimum absolute atomic E-state index is 0.301.